The van der Waals surface area contributed by atoms with E-state index in [1.807, 2.05) is 18.2 Å². The van der Waals surface area contributed by atoms with Crippen molar-refractivity contribution in [3.8, 4) is 11.5 Å². The van der Waals surface area contributed by atoms with Crippen molar-refractivity contribution >= 4 is 29.1 Å². The molecule has 1 amide bonds. The number of piperazine rings is 1. The van der Waals surface area contributed by atoms with Gasteiger partial charge in [-0.05, 0) is 43.7 Å². The molecular weight excluding hydrogens is 418 g/mol. The molecule has 8 heteroatoms. The molecule has 1 fully saturated rings. The standard InChI is InChI=1S/C23H30ClN3O4/c1-3-30-23(28)25-19-8-9-21(22(17-19)29-2)31-15-5-10-26-11-13-27(14-12-26)20-7-4-6-18(24)16-20/h4,6-9,16-17H,3,5,10-15H2,1-2H3,(H,25,28). The van der Waals surface area contributed by atoms with Gasteiger partial charge in [0, 0.05) is 55.2 Å². The number of halogens is 1. The van der Waals surface area contributed by atoms with E-state index >= 15 is 0 Å². The van der Waals surface area contributed by atoms with Crippen LogP contribution in [0.4, 0.5) is 16.2 Å². The molecule has 0 aromatic heterocycles. The van der Waals surface area contributed by atoms with E-state index in [4.69, 9.17) is 25.8 Å². The highest BCUT2D eigenvalue weighted by Crippen LogP contribution is 2.30. The van der Waals surface area contributed by atoms with Gasteiger partial charge in [-0.1, -0.05) is 17.7 Å². The first-order valence-electron chi connectivity index (χ1n) is 10.6. The normalized spacial score (nSPS) is 14.2. The van der Waals surface area contributed by atoms with Crippen molar-refractivity contribution in [3.63, 3.8) is 0 Å². The Morgan fingerprint density at radius 1 is 1.10 bits per heavy atom. The van der Waals surface area contributed by atoms with Gasteiger partial charge in [0.05, 0.1) is 20.3 Å². The number of carbonyl (C=O) groups excluding carboxylic acids is 1. The van der Waals surface area contributed by atoms with Gasteiger partial charge in [-0.3, -0.25) is 10.2 Å². The van der Waals surface area contributed by atoms with Gasteiger partial charge in [0.1, 0.15) is 0 Å². The van der Waals surface area contributed by atoms with Crippen molar-refractivity contribution < 1.29 is 19.0 Å². The molecule has 31 heavy (non-hydrogen) atoms. The van der Waals surface area contributed by atoms with Gasteiger partial charge in [-0.15, -0.1) is 0 Å². The van der Waals surface area contributed by atoms with Gasteiger partial charge in [-0.2, -0.15) is 0 Å². The van der Waals surface area contributed by atoms with E-state index in [1.54, 1.807) is 32.2 Å². The maximum absolute atomic E-state index is 11.6. The third kappa shape index (κ3) is 6.94. The Balaban J connectivity index is 1.40. The Hall–Kier alpha value is -2.64. The second-order valence-electron chi connectivity index (χ2n) is 7.22. The number of hydrogen-bond acceptors (Lipinski definition) is 6. The fourth-order valence-corrected chi connectivity index (χ4v) is 3.71. The van der Waals surface area contributed by atoms with Gasteiger partial charge < -0.3 is 19.1 Å². The lowest BCUT2D eigenvalue weighted by Gasteiger charge is -2.36. The lowest BCUT2D eigenvalue weighted by Crippen LogP contribution is -2.46. The van der Waals surface area contributed by atoms with E-state index in [2.05, 4.69) is 21.2 Å². The highest BCUT2D eigenvalue weighted by Gasteiger charge is 2.17. The first-order chi connectivity index (χ1) is 15.1. The third-order valence-electron chi connectivity index (χ3n) is 5.11. The second-order valence-corrected chi connectivity index (χ2v) is 7.66. The SMILES string of the molecule is CCOC(=O)Nc1ccc(OCCCN2CCN(c3cccc(Cl)c3)CC2)c(OC)c1. The quantitative estimate of drug-likeness (QED) is 0.571. The van der Waals surface area contributed by atoms with Gasteiger partial charge in [-0.25, -0.2) is 4.79 Å². The van der Waals surface area contributed by atoms with Crippen LogP contribution in [-0.2, 0) is 4.74 Å². The minimum absolute atomic E-state index is 0.319. The fraction of sp³-hybridized carbons (Fsp3) is 0.435. The Morgan fingerprint density at radius 3 is 2.61 bits per heavy atom. The topological polar surface area (TPSA) is 63.3 Å². The lowest BCUT2D eigenvalue weighted by atomic mass is 10.2. The second kappa shape index (κ2) is 11.7. The number of carbonyl (C=O) groups is 1. The first-order valence-corrected chi connectivity index (χ1v) is 10.9. The van der Waals surface area contributed by atoms with Gasteiger partial charge in [0.2, 0.25) is 0 Å². The summed E-state index contributed by atoms with van der Waals surface area (Å²) in [5, 5.41) is 3.43. The molecule has 0 atom stereocenters. The van der Waals surface area contributed by atoms with Crippen LogP contribution in [-0.4, -0.2) is 64.0 Å². The molecule has 7 nitrogen and oxygen atoms in total. The zero-order valence-corrected chi connectivity index (χ0v) is 18.9. The molecule has 1 heterocycles. The maximum atomic E-state index is 11.6. The smallest absolute Gasteiger partial charge is 0.411 e. The lowest BCUT2D eigenvalue weighted by molar-refractivity contribution is 0.168. The Kier molecular flexibility index (Phi) is 8.67. The van der Waals surface area contributed by atoms with Crippen molar-refractivity contribution in [2.45, 2.75) is 13.3 Å². The molecule has 0 unspecified atom stereocenters. The van der Waals surface area contributed by atoms with Crippen LogP contribution in [0.2, 0.25) is 5.02 Å². The van der Waals surface area contributed by atoms with Gasteiger partial charge in [0.15, 0.2) is 11.5 Å². The van der Waals surface area contributed by atoms with Gasteiger partial charge >= 0.3 is 6.09 Å². The molecule has 2 aromatic rings. The van der Waals surface area contributed by atoms with Crippen molar-refractivity contribution in [3.05, 3.63) is 47.5 Å². The zero-order valence-electron chi connectivity index (χ0n) is 18.1. The van der Waals surface area contributed by atoms with Crippen LogP contribution < -0.4 is 19.7 Å². The Morgan fingerprint density at radius 2 is 1.90 bits per heavy atom. The molecule has 0 aliphatic carbocycles. The summed E-state index contributed by atoms with van der Waals surface area (Å²) in [6, 6.07) is 13.3. The molecule has 0 bridgehead atoms. The number of amides is 1. The number of nitrogens with one attached hydrogen (secondary N) is 1. The van der Waals surface area contributed by atoms with E-state index in [0.29, 0.717) is 30.4 Å². The van der Waals surface area contributed by atoms with Crippen LogP contribution in [0, 0.1) is 0 Å². The summed E-state index contributed by atoms with van der Waals surface area (Å²) in [5.74, 6) is 1.23. The highest BCUT2D eigenvalue weighted by atomic mass is 35.5. The van der Waals surface area contributed by atoms with Crippen LogP contribution in [0.25, 0.3) is 0 Å². The fourth-order valence-electron chi connectivity index (χ4n) is 3.52. The monoisotopic (exact) mass is 447 g/mol. The highest BCUT2D eigenvalue weighted by molar-refractivity contribution is 6.30. The average Bonchev–Trinajstić information content (AvgIpc) is 2.78. The summed E-state index contributed by atoms with van der Waals surface area (Å²) in [6.07, 6.45) is 0.428. The number of hydrogen-bond donors (Lipinski definition) is 1. The maximum Gasteiger partial charge on any atom is 0.411 e. The van der Waals surface area contributed by atoms with Crippen LogP contribution in [0.3, 0.4) is 0 Å². The molecule has 1 N–H and O–H groups in total. The molecule has 168 valence electrons. The summed E-state index contributed by atoms with van der Waals surface area (Å²) < 4.78 is 16.2. The van der Waals surface area contributed by atoms with E-state index in [0.717, 1.165) is 44.2 Å². The summed E-state index contributed by atoms with van der Waals surface area (Å²) >= 11 is 6.11. The average molecular weight is 448 g/mol. The Labute approximate surface area is 188 Å². The summed E-state index contributed by atoms with van der Waals surface area (Å²) in [7, 11) is 1.58. The first kappa shape index (κ1) is 23.0. The number of anilines is 2. The molecule has 0 saturated carbocycles. The van der Waals surface area contributed by atoms with Crippen molar-refractivity contribution in [2.24, 2.45) is 0 Å². The van der Waals surface area contributed by atoms with Crippen LogP contribution in [0.5, 0.6) is 11.5 Å². The minimum Gasteiger partial charge on any atom is -0.493 e. The molecular formula is C23H30ClN3O4. The minimum atomic E-state index is -0.492. The van der Waals surface area contributed by atoms with E-state index in [9.17, 15) is 4.79 Å². The van der Waals surface area contributed by atoms with E-state index < -0.39 is 6.09 Å². The van der Waals surface area contributed by atoms with E-state index in [1.165, 1.54) is 5.69 Å². The predicted octanol–water partition coefficient (Wildman–Crippen LogP) is 4.51. The number of methoxy groups -OCH3 is 1. The summed E-state index contributed by atoms with van der Waals surface area (Å²) in [4.78, 5) is 16.4. The molecule has 1 aliphatic rings. The molecule has 0 radical (unpaired) electrons. The number of nitrogens with zero attached hydrogens (tertiary/aromatic N) is 2. The molecule has 1 aliphatic heterocycles. The third-order valence-corrected chi connectivity index (χ3v) is 5.34. The van der Waals surface area contributed by atoms with Crippen molar-refractivity contribution in [1.29, 1.82) is 0 Å². The molecule has 2 aromatic carbocycles. The number of benzene rings is 2. The van der Waals surface area contributed by atoms with Gasteiger partial charge in [0.25, 0.3) is 0 Å². The van der Waals surface area contributed by atoms with Crippen molar-refractivity contribution in [2.75, 3.05) is 63.3 Å². The number of ether oxygens (including phenoxy) is 3. The van der Waals surface area contributed by atoms with Crippen LogP contribution in [0.1, 0.15) is 13.3 Å². The predicted molar refractivity (Wildman–Crippen MR) is 124 cm³/mol. The Bertz CT molecular complexity index is 856. The largest absolute Gasteiger partial charge is 0.493 e. The summed E-state index contributed by atoms with van der Waals surface area (Å²) in [5.41, 5.74) is 1.78. The number of rotatable bonds is 9. The molecule has 1 saturated heterocycles. The van der Waals surface area contributed by atoms with Crippen LogP contribution in [0.15, 0.2) is 42.5 Å². The van der Waals surface area contributed by atoms with Crippen LogP contribution >= 0.6 is 11.6 Å². The molecule has 3 rings (SSSR count). The van der Waals surface area contributed by atoms with Crippen molar-refractivity contribution in [1.82, 2.24) is 4.90 Å². The van der Waals surface area contributed by atoms with E-state index in [-0.39, 0.29) is 0 Å². The zero-order chi connectivity index (χ0) is 22.1. The molecule has 0 spiro atoms. The summed E-state index contributed by atoms with van der Waals surface area (Å²) in [6.45, 7) is 7.67.